The van der Waals surface area contributed by atoms with Crippen molar-refractivity contribution in [3.63, 3.8) is 0 Å². The molecule has 30 heavy (non-hydrogen) atoms. The van der Waals surface area contributed by atoms with E-state index in [0.717, 1.165) is 12.1 Å². The van der Waals surface area contributed by atoms with Crippen LogP contribution < -0.4 is 10.1 Å². The Morgan fingerprint density at radius 2 is 2.10 bits per heavy atom. The number of rotatable bonds is 4. The molecule has 7 nitrogen and oxygen atoms in total. The van der Waals surface area contributed by atoms with Crippen molar-refractivity contribution in [2.75, 3.05) is 19.0 Å². The lowest BCUT2D eigenvalue weighted by Gasteiger charge is -2.26. The number of anilines is 2. The lowest BCUT2D eigenvalue weighted by molar-refractivity contribution is -0.137. The van der Waals surface area contributed by atoms with Crippen LogP contribution in [0, 0.1) is 0 Å². The van der Waals surface area contributed by atoms with Crippen LogP contribution in [0.4, 0.5) is 24.7 Å². The third kappa shape index (κ3) is 3.93. The van der Waals surface area contributed by atoms with Crippen molar-refractivity contribution in [1.82, 2.24) is 15.0 Å². The molecule has 3 aromatic rings. The highest BCUT2D eigenvalue weighted by Crippen LogP contribution is 2.33. The number of halogens is 3. The van der Waals surface area contributed by atoms with Gasteiger partial charge in [0, 0.05) is 30.9 Å². The summed E-state index contributed by atoms with van der Waals surface area (Å²) in [6.45, 7) is 0.640. The molecular formula is C20H17F3N4O3. The van der Waals surface area contributed by atoms with Crippen LogP contribution in [-0.4, -0.2) is 34.6 Å². The molecule has 0 saturated carbocycles. The number of carbonyl (C=O) groups excluding carboxylic acids is 1. The first-order valence-corrected chi connectivity index (χ1v) is 9.06. The van der Waals surface area contributed by atoms with Crippen molar-refractivity contribution in [2.24, 2.45) is 0 Å². The summed E-state index contributed by atoms with van der Waals surface area (Å²) in [7, 11) is 1.49. The topological polar surface area (TPSA) is 80.5 Å². The molecule has 156 valence electrons. The summed E-state index contributed by atoms with van der Waals surface area (Å²) in [4.78, 5) is 18.5. The van der Waals surface area contributed by atoms with Gasteiger partial charge in [-0.1, -0.05) is 11.2 Å². The number of methoxy groups -OCH3 is 1. The molecule has 0 saturated heterocycles. The van der Waals surface area contributed by atoms with Crippen LogP contribution in [0.15, 0.2) is 47.1 Å². The predicted molar refractivity (Wildman–Crippen MR) is 100 cm³/mol. The minimum absolute atomic E-state index is 0.213. The Bertz CT molecular complexity index is 1060. The van der Waals surface area contributed by atoms with Crippen LogP contribution in [-0.2, 0) is 19.1 Å². The molecule has 3 heterocycles. The molecule has 0 aliphatic carbocycles. The van der Waals surface area contributed by atoms with Gasteiger partial charge in [-0.25, -0.2) is 4.98 Å². The van der Waals surface area contributed by atoms with Crippen molar-refractivity contribution in [1.29, 1.82) is 0 Å². The average molecular weight is 418 g/mol. The summed E-state index contributed by atoms with van der Waals surface area (Å²) in [5.41, 5.74) is 0.494. The molecule has 0 spiro atoms. The molecule has 10 heteroatoms. The first-order valence-electron chi connectivity index (χ1n) is 9.06. The largest absolute Gasteiger partial charge is 0.481 e. The normalized spacial score (nSPS) is 13.7. The minimum atomic E-state index is -4.45. The fraction of sp³-hybridized carbons (Fsp3) is 0.250. The van der Waals surface area contributed by atoms with Crippen LogP contribution in [0.25, 0.3) is 0 Å². The second-order valence-electron chi connectivity index (χ2n) is 6.70. The van der Waals surface area contributed by atoms with E-state index in [-0.39, 0.29) is 24.0 Å². The van der Waals surface area contributed by atoms with Gasteiger partial charge in [-0.05, 0) is 24.3 Å². The number of nitrogens with zero attached hydrogens (tertiary/aromatic N) is 3. The highest BCUT2D eigenvalue weighted by Gasteiger charge is 2.31. The average Bonchev–Trinajstić information content (AvgIpc) is 3.15. The summed E-state index contributed by atoms with van der Waals surface area (Å²) in [6.07, 6.45) is -2.56. The van der Waals surface area contributed by atoms with Crippen LogP contribution in [0.5, 0.6) is 5.88 Å². The summed E-state index contributed by atoms with van der Waals surface area (Å²) in [5, 5.41) is 6.81. The number of alkyl halides is 3. The van der Waals surface area contributed by atoms with E-state index in [4.69, 9.17) is 9.26 Å². The fourth-order valence-corrected chi connectivity index (χ4v) is 3.20. The fourth-order valence-electron chi connectivity index (χ4n) is 3.20. The van der Waals surface area contributed by atoms with Gasteiger partial charge < -0.3 is 19.5 Å². The lowest BCUT2D eigenvalue weighted by atomic mass is 10.1. The Morgan fingerprint density at radius 1 is 1.27 bits per heavy atom. The molecule has 0 bridgehead atoms. The zero-order valence-electron chi connectivity index (χ0n) is 15.9. The molecule has 0 fully saturated rings. The van der Waals surface area contributed by atoms with Crippen molar-refractivity contribution in [3.05, 3.63) is 65.0 Å². The minimum Gasteiger partial charge on any atom is -0.481 e. The van der Waals surface area contributed by atoms with E-state index in [1.54, 1.807) is 17.0 Å². The summed E-state index contributed by atoms with van der Waals surface area (Å²) in [6, 6.07) is 8.03. The number of hydrogen-bond acceptors (Lipinski definition) is 6. The van der Waals surface area contributed by atoms with Gasteiger partial charge in [0.05, 0.1) is 30.3 Å². The second kappa shape index (κ2) is 7.69. The van der Waals surface area contributed by atoms with E-state index >= 15 is 0 Å². The summed E-state index contributed by atoms with van der Waals surface area (Å²) < 4.78 is 49.2. The zero-order valence-corrected chi connectivity index (χ0v) is 15.9. The van der Waals surface area contributed by atoms with E-state index in [1.165, 1.54) is 25.4 Å². The molecule has 4 rings (SSSR count). The molecule has 1 aliphatic heterocycles. The summed E-state index contributed by atoms with van der Waals surface area (Å²) in [5.74, 6) is 1.07. The standard InChI is InChI=1S/C20H17F3N4O3/c1-29-17-6-5-12(10-24-17)19(28)27-8-7-16-15(11-27)18(26-30-16)25-14-4-2-3-13(9-14)20(21,22)23/h2-6,9-10H,7-8,11H2,1H3,(H,25,26). The monoisotopic (exact) mass is 418 g/mol. The maximum absolute atomic E-state index is 12.9. The van der Waals surface area contributed by atoms with Gasteiger partial charge in [0.1, 0.15) is 5.76 Å². The Labute approximate surface area is 169 Å². The van der Waals surface area contributed by atoms with E-state index in [9.17, 15) is 18.0 Å². The van der Waals surface area contributed by atoms with Gasteiger partial charge in [-0.15, -0.1) is 0 Å². The Kier molecular flexibility index (Phi) is 5.06. The quantitative estimate of drug-likeness (QED) is 0.689. The number of aromatic nitrogens is 2. The number of nitrogens with one attached hydrogen (secondary N) is 1. The van der Waals surface area contributed by atoms with E-state index in [2.05, 4.69) is 15.5 Å². The van der Waals surface area contributed by atoms with Crippen LogP contribution >= 0.6 is 0 Å². The van der Waals surface area contributed by atoms with Crippen LogP contribution in [0.2, 0.25) is 0 Å². The van der Waals surface area contributed by atoms with Crippen LogP contribution in [0.1, 0.15) is 27.2 Å². The molecular weight excluding hydrogens is 401 g/mol. The SMILES string of the molecule is COc1ccc(C(=O)N2CCc3onc(Nc4cccc(C(F)(F)F)c4)c3C2)cn1. The van der Waals surface area contributed by atoms with E-state index in [0.29, 0.717) is 35.7 Å². The van der Waals surface area contributed by atoms with E-state index in [1.807, 2.05) is 0 Å². The van der Waals surface area contributed by atoms with Crippen molar-refractivity contribution in [2.45, 2.75) is 19.1 Å². The van der Waals surface area contributed by atoms with Gasteiger partial charge in [-0.2, -0.15) is 13.2 Å². The number of carbonyl (C=O) groups is 1. The molecule has 1 N–H and O–H groups in total. The number of amides is 1. The van der Waals surface area contributed by atoms with Gasteiger partial charge >= 0.3 is 6.18 Å². The highest BCUT2D eigenvalue weighted by molar-refractivity contribution is 5.94. The summed E-state index contributed by atoms with van der Waals surface area (Å²) >= 11 is 0. The number of fused-ring (bicyclic) bond motifs is 1. The maximum Gasteiger partial charge on any atom is 0.416 e. The molecule has 1 aliphatic rings. The van der Waals surface area contributed by atoms with Crippen molar-refractivity contribution in [3.8, 4) is 5.88 Å². The Hall–Kier alpha value is -3.56. The predicted octanol–water partition coefficient (Wildman–Crippen LogP) is 4.04. The third-order valence-corrected chi connectivity index (χ3v) is 4.76. The molecule has 1 aromatic carbocycles. The number of pyridine rings is 1. The van der Waals surface area contributed by atoms with Gasteiger partial charge in [0.15, 0.2) is 5.82 Å². The van der Waals surface area contributed by atoms with Gasteiger partial charge in [0.2, 0.25) is 5.88 Å². The van der Waals surface area contributed by atoms with E-state index < -0.39 is 11.7 Å². The Balaban J connectivity index is 1.53. The van der Waals surface area contributed by atoms with Crippen molar-refractivity contribution < 1.29 is 27.2 Å². The number of benzene rings is 1. The zero-order chi connectivity index (χ0) is 21.3. The lowest BCUT2D eigenvalue weighted by Crippen LogP contribution is -2.35. The molecule has 2 aromatic heterocycles. The molecule has 0 radical (unpaired) electrons. The van der Waals surface area contributed by atoms with Crippen molar-refractivity contribution >= 4 is 17.4 Å². The smallest absolute Gasteiger partial charge is 0.416 e. The van der Waals surface area contributed by atoms with Gasteiger partial charge in [0.25, 0.3) is 5.91 Å². The first-order chi connectivity index (χ1) is 14.3. The Morgan fingerprint density at radius 3 is 2.80 bits per heavy atom. The third-order valence-electron chi connectivity index (χ3n) is 4.76. The molecule has 1 amide bonds. The van der Waals surface area contributed by atoms with Crippen LogP contribution in [0.3, 0.4) is 0 Å². The van der Waals surface area contributed by atoms with Gasteiger partial charge in [-0.3, -0.25) is 4.79 Å². The number of ether oxygens (including phenoxy) is 1. The number of hydrogen-bond donors (Lipinski definition) is 1. The second-order valence-corrected chi connectivity index (χ2v) is 6.70. The maximum atomic E-state index is 12.9. The first kappa shape index (κ1) is 19.7. The highest BCUT2D eigenvalue weighted by atomic mass is 19.4. The molecule has 0 atom stereocenters. The molecule has 0 unspecified atom stereocenters.